The Labute approximate surface area is 96.5 Å². The van der Waals surface area contributed by atoms with Gasteiger partial charge in [-0.1, -0.05) is 19.1 Å². The second-order valence-corrected chi connectivity index (χ2v) is 4.33. The molecule has 16 heavy (non-hydrogen) atoms. The molecule has 3 heteroatoms. The van der Waals surface area contributed by atoms with E-state index in [1.807, 2.05) is 6.07 Å². The maximum Gasteiger partial charge on any atom is 0.126 e. The van der Waals surface area contributed by atoms with Crippen LogP contribution in [0, 0.1) is 18.7 Å². The Hall–Kier alpha value is -0.930. The van der Waals surface area contributed by atoms with Crippen LogP contribution in [0.1, 0.15) is 24.5 Å². The number of aliphatic hydroxyl groups excluding tert-OH is 1. The van der Waals surface area contributed by atoms with Crippen LogP contribution >= 0.6 is 0 Å². The van der Waals surface area contributed by atoms with Crippen LogP contribution in [-0.4, -0.2) is 18.3 Å². The quantitative estimate of drug-likeness (QED) is 0.778. The summed E-state index contributed by atoms with van der Waals surface area (Å²) in [4.78, 5) is 0. The number of benzene rings is 1. The van der Waals surface area contributed by atoms with E-state index >= 15 is 0 Å². The Morgan fingerprint density at radius 3 is 2.81 bits per heavy atom. The van der Waals surface area contributed by atoms with Crippen molar-refractivity contribution in [2.75, 3.05) is 13.2 Å². The van der Waals surface area contributed by atoms with E-state index in [4.69, 9.17) is 5.11 Å². The first-order valence-electron chi connectivity index (χ1n) is 5.70. The molecular formula is C13H20FNO. The molecule has 1 unspecified atom stereocenters. The fourth-order valence-electron chi connectivity index (χ4n) is 1.60. The molecule has 2 N–H and O–H groups in total. The van der Waals surface area contributed by atoms with E-state index in [0.29, 0.717) is 11.5 Å². The first kappa shape index (κ1) is 13.1. The maximum atomic E-state index is 13.0. The van der Waals surface area contributed by atoms with Crippen LogP contribution in [0.15, 0.2) is 18.2 Å². The Kier molecular flexibility index (Phi) is 5.43. The summed E-state index contributed by atoms with van der Waals surface area (Å²) in [6.07, 6.45) is 0.815. The van der Waals surface area contributed by atoms with Crippen LogP contribution in [-0.2, 0) is 6.54 Å². The molecule has 90 valence electrons. The summed E-state index contributed by atoms with van der Waals surface area (Å²) in [6, 6.07) is 5.16. The van der Waals surface area contributed by atoms with Crippen molar-refractivity contribution in [3.05, 3.63) is 35.1 Å². The van der Waals surface area contributed by atoms with Crippen LogP contribution in [0.5, 0.6) is 0 Å². The van der Waals surface area contributed by atoms with Gasteiger partial charge in [0.05, 0.1) is 0 Å². The summed E-state index contributed by atoms with van der Waals surface area (Å²) in [5, 5.41) is 12.0. The van der Waals surface area contributed by atoms with Gasteiger partial charge in [0.25, 0.3) is 0 Å². The molecule has 1 atom stereocenters. The second-order valence-electron chi connectivity index (χ2n) is 4.33. The summed E-state index contributed by atoms with van der Waals surface area (Å²) in [5.41, 5.74) is 1.78. The summed E-state index contributed by atoms with van der Waals surface area (Å²) in [6.45, 7) is 5.72. The number of hydrogen-bond donors (Lipinski definition) is 2. The Bertz CT molecular complexity index is 328. The number of halogens is 1. The molecule has 2 nitrogen and oxygen atoms in total. The van der Waals surface area contributed by atoms with Crippen molar-refractivity contribution in [3.8, 4) is 0 Å². The average Bonchev–Trinajstić information content (AvgIpc) is 2.24. The van der Waals surface area contributed by atoms with E-state index in [-0.39, 0.29) is 12.4 Å². The zero-order valence-corrected chi connectivity index (χ0v) is 9.96. The molecule has 1 aromatic carbocycles. The van der Waals surface area contributed by atoms with Gasteiger partial charge in [-0.2, -0.15) is 0 Å². The normalized spacial score (nSPS) is 12.8. The van der Waals surface area contributed by atoms with Crippen LogP contribution in [0.25, 0.3) is 0 Å². The van der Waals surface area contributed by atoms with Crippen molar-refractivity contribution in [1.29, 1.82) is 0 Å². The zero-order chi connectivity index (χ0) is 12.0. The average molecular weight is 225 g/mol. The minimum atomic E-state index is -0.155. The highest BCUT2D eigenvalue weighted by molar-refractivity contribution is 5.23. The number of hydrogen-bond acceptors (Lipinski definition) is 2. The summed E-state index contributed by atoms with van der Waals surface area (Å²) >= 11 is 0. The smallest absolute Gasteiger partial charge is 0.126 e. The van der Waals surface area contributed by atoms with Gasteiger partial charge in [0.15, 0.2) is 0 Å². The van der Waals surface area contributed by atoms with Gasteiger partial charge in [0, 0.05) is 13.2 Å². The van der Waals surface area contributed by atoms with E-state index < -0.39 is 0 Å². The molecular weight excluding hydrogens is 205 g/mol. The molecule has 0 bridgehead atoms. The summed E-state index contributed by atoms with van der Waals surface area (Å²) in [7, 11) is 0. The lowest BCUT2D eigenvalue weighted by Gasteiger charge is -2.11. The summed E-state index contributed by atoms with van der Waals surface area (Å²) < 4.78 is 13.0. The SMILES string of the molecule is Cc1cc(CNCC(C)CCO)ccc1F. The third-order valence-electron chi connectivity index (χ3n) is 2.67. The number of aliphatic hydroxyl groups is 1. The van der Waals surface area contributed by atoms with E-state index in [2.05, 4.69) is 12.2 Å². The van der Waals surface area contributed by atoms with Gasteiger partial charge in [-0.05, 0) is 43.0 Å². The van der Waals surface area contributed by atoms with Gasteiger partial charge in [0.1, 0.15) is 5.82 Å². The topological polar surface area (TPSA) is 32.3 Å². The standard InChI is InChI=1S/C13H20FNO/c1-10(5-6-16)8-15-9-12-3-4-13(14)11(2)7-12/h3-4,7,10,15-16H,5-6,8-9H2,1-2H3. The first-order valence-corrected chi connectivity index (χ1v) is 5.70. The monoisotopic (exact) mass is 225 g/mol. The molecule has 0 aliphatic carbocycles. The third kappa shape index (κ3) is 4.29. The van der Waals surface area contributed by atoms with Crippen LogP contribution < -0.4 is 5.32 Å². The Morgan fingerprint density at radius 2 is 2.19 bits per heavy atom. The maximum absolute atomic E-state index is 13.0. The molecule has 0 fully saturated rings. The van der Waals surface area contributed by atoms with E-state index in [1.165, 1.54) is 6.07 Å². The van der Waals surface area contributed by atoms with Gasteiger partial charge in [0.2, 0.25) is 0 Å². The molecule has 0 heterocycles. The molecule has 0 saturated heterocycles. The molecule has 0 aromatic heterocycles. The molecule has 0 amide bonds. The first-order chi connectivity index (χ1) is 7.63. The van der Waals surface area contributed by atoms with Gasteiger partial charge >= 0.3 is 0 Å². The van der Waals surface area contributed by atoms with E-state index in [9.17, 15) is 4.39 Å². The number of nitrogens with one attached hydrogen (secondary N) is 1. The zero-order valence-electron chi connectivity index (χ0n) is 9.96. The predicted octanol–water partition coefficient (Wildman–Crippen LogP) is 2.24. The van der Waals surface area contributed by atoms with Crippen LogP contribution in [0.3, 0.4) is 0 Å². The molecule has 1 rings (SSSR count). The van der Waals surface area contributed by atoms with Crippen molar-refractivity contribution >= 4 is 0 Å². The van der Waals surface area contributed by atoms with E-state index in [1.54, 1.807) is 13.0 Å². The fraction of sp³-hybridized carbons (Fsp3) is 0.538. The minimum absolute atomic E-state index is 0.155. The van der Waals surface area contributed by atoms with Crippen molar-refractivity contribution in [1.82, 2.24) is 5.32 Å². The molecule has 0 saturated carbocycles. The Balaban J connectivity index is 2.34. The largest absolute Gasteiger partial charge is 0.396 e. The molecule has 1 aromatic rings. The van der Waals surface area contributed by atoms with Crippen LogP contribution in [0.4, 0.5) is 4.39 Å². The summed E-state index contributed by atoms with van der Waals surface area (Å²) in [5.74, 6) is 0.309. The minimum Gasteiger partial charge on any atom is -0.396 e. The van der Waals surface area contributed by atoms with Crippen molar-refractivity contribution < 1.29 is 9.50 Å². The molecule has 0 spiro atoms. The molecule has 0 radical (unpaired) electrons. The fourth-order valence-corrected chi connectivity index (χ4v) is 1.60. The molecule has 0 aliphatic heterocycles. The van der Waals surface area contributed by atoms with E-state index in [0.717, 1.165) is 25.1 Å². The highest BCUT2D eigenvalue weighted by atomic mass is 19.1. The third-order valence-corrected chi connectivity index (χ3v) is 2.67. The highest BCUT2D eigenvalue weighted by Crippen LogP contribution is 2.09. The van der Waals surface area contributed by atoms with Gasteiger partial charge < -0.3 is 10.4 Å². The van der Waals surface area contributed by atoms with Gasteiger partial charge in [-0.25, -0.2) is 4.39 Å². The lowest BCUT2D eigenvalue weighted by atomic mass is 10.1. The number of rotatable bonds is 6. The van der Waals surface area contributed by atoms with Crippen LogP contribution in [0.2, 0.25) is 0 Å². The molecule has 0 aliphatic rings. The highest BCUT2D eigenvalue weighted by Gasteiger charge is 2.02. The predicted molar refractivity (Wildman–Crippen MR) is 63.7 cm³/mol. The van der Waals surface area contributed by atoms with Crippen molar-refractivity contribution in [2.24, 2.45) is 5.92 Å². The van der Waals surface area contributed by atoms with Gasteiger partial charge in [-0.15, -0.1) is 0 Å². The lowest BCUT2D eigenvalue weighted by molar-refractivity contribution is 0.260. The second kappa shape index (κ2) is 6.61. The van der Waals surface area contributed by atoms with Crippen molar-refractivity contribution in [3.63, 3.8) is 0 Å². The Morgan fingerprint density at radius 1 is 1.44 bits per heavy atom. The van der Waals surface area contributed by atoms with Gasteiger partial charge in [-0.3, -0.25) is 0 Å². The number of aryl methyl sites for hydroxylation is 1. The lowest BCUT2D eigenvalue weighted by Crippen LogP contribution is -2.21. The van der Waals surface area contributed by atoms with Crippen molar-refractivity contribution in [2.45, 2.75) is 26.8 Å².